The van der Waals surface area contributed by atoms with Crippen LogP contribution in [0.1, 0.15) is 103 Å². The average molecular weight is 566 g/mol. The van der Waals surface area contributed by atoms with Gasteiger partial charge in [-0.2, -0.15) is 13.9 Å². The summed E-state index contributed by atoms with van der Waals surface area (Å²) in [6.07, 6.45) is 21.6. The molecule has 0 heterocycles. The van der Waals surface area contributed by atoms with Gasteiger partial charge in [0, 0.05) is 18.8 Å². The second-order valence-electron chi connectivity index (χ2n) is 8.04. The number of rotatable bonds is 21. The van der Waals surface area contributed by atoms with Crippen LogP contribution in [0.25, 0.3) is 0 Å². The first-order chi connectivity index (χ1) is 16.6. The zero-order valence-electron chi connectivity index (χ0n) is 22.7. The maximum Gasteiger partial charge on any atom is 1.00 e. The SMILES string of the molecule is C=CONC(=O)CCCCCCC/C=C\CCCCCCCC.O=C([O-])CC(C(=O)[O-])S(=O)(=O)O.[Na+].[Na+]. The van der Waals surface area contributed by atoms with Gasteiger partial charge in [0.15, 0.2) is 0 Å². The summed E-state index contributed by atoms with van der Waals surface area (Å²) in [4.78, 5) is 35.6. The summed E-state index contributed by atoms with van der Waals surface area (Å²) in [6.45, 7) is 5.63. The molecule has 0 aromatic carbocycles. The van der Waals surface area contributed by atoms with E-state index in [1.54, 1.807) is 0 Å². The van der Waals surface area contributed by atoms with Gasteiger partial charge in [-0.1, -0.05) is 77.0 Å². The second kappa shape index (κ2) is 30.1. The van der Waals surface area contributed by atoms with Crippen molar-refractivity contribution in [3.63, 3.8) is 0 Å². The molecule has 0 rings (SSSR count). The Hall–Kier alpha value is -0.400. The van der Waals surface area contributed by atoms with Crippen LogP contribution in [-0.2, 0) is 29.3 Å². The average Bonchev–Trinajstić information content (AvgIpc) is 2.78. The van der Waals surface area contributed by atoms with Crippen molar-refractivity contribution in [2.24, 2.45) is 0 Å². The fourth-order valence-corrected chi connectivity index (χ4v) is 3.57. The van der Waals surface area contributed by atoms with Crippen molar-refractivity contribution in [1.29, 1.82) is 0 Å². The summed E-state index contributed by atoms with van der Waals surface area (Å²) in [5.41, 5.74) is 2.32. The van der Waals surface area contributed by atoms with Crippen molar-refractivity contribution in [1.82, 2.24) is 5.48 Å². The van der Waals surface area contributed by atoms with E-state index >= 15 is 0 Å². The molecule has 204 valence electrons. The molecule has 0 bridgehead atoms. The molecule has 0 aliphatic carbocycles. The van der Waals surface area contributed by atoms with Crippen LogP contribution in [0.5, 0.6) is 0 Å². The van der Waals surface area contributed by atoms with E-state index in [0.717, 1.165) is 12.8 Å². The molecular formula is C24H41NNa2O9S. The molecule has 0 radical (unpaired) electrons. The number of unbranched alkanes of at least 4 members (excludes halogenated alkanes) is 11. The number of allylic oxidation sites excluding steroid dienone is 2. The van der Waals surface area contributed by atoms with Gasteiger partial charge in [-0.3, -0.25) is 9.35 Å². The molecular weight excluding hydrogens is 524 g/mol. The molecule has 0 aliphatic rings. The third kappa shape index (κ3) is 33.6. The molecule has 0 aliphatic heterocycles. The van der Waals surface area contributed by atoms with Gasteiger partial charge in [0.1, 0.15) is 11.5 Å². The minimum Gasteiger partial charge on any atom is -0.550 e. The number of nitrogens with one attached hydrogen (secondary N) is 1. The van der Waals surface area contributed by atoms with Crippen molar-refractivity contribution in [2.45, 2.75) is 108 Å². The molecule has 1 amide bonds. The number of amides is 1. The van der Waals surface area contributed by atoms with Gasteiger partial charge in [0.2, 0.25) is 0 Å². The minimum absolute atomic E-state index is 0. The number of hydrogen-bond acceptors (Lipinski definition) is 8. The summed E-state index contributed by atoms with van der Waals surface area (Å²) in [7, 11) is -4.94. The van der Waals surface area contributed by atoms with Crippen molar-refractivity contribution in [3.05, 3.63) is 25.0 Å². The molecule has 0 saturated heterocycles. The van der Waals surface area contributed by atoms with Crippen molar-refractivity contribution in [3.8, 4) is 0 Å². The Bertz CT molecular complexity index is 732. The largest absolute Gasteiger partial charge is 1.00 e. The predicted octanol–water partition coefficient (Wildman–Crippen LogP) is -3.64. The zero-order valence-corrected chi connectivity index (χ0v) is 27.6. The molecule has 0 fully saturated rings. The second-order valence-corrected chi connectivity index (χ2v) is 9.64. The monoisotopic (exact) mass is 565 g/mol. The molecule has 0 spiro atoms. The molecule has 37 heavy (non-hydrogen) atoms. The summed E-state index contributed by atoms with van der Waals surface area (Å²) >= 11 is 0. The first kappa shape index (κ1) is 43.6. The minimum atomic E-state index is -4.94. The van der Waals surface area contributed by atoms with Crippen LogP contribution in [0.4, 0.5) is 0 Å². The normalized spacial score (nSPS) is 11.2. The number of hydrogen-bond donors (Lipinski definition) is 2. The summed E-state index contributed by atoms with van der Waals surface area (Å²) in [6, 6.07) is 0. The fourth-order valence-electron chi connectivity index (χ4n) is 2.98. The standard InChI is InChI=1S/C20H37NO2.C4H6O7S.2Na/c1-3-5-6-7-8-9-10-11-12-13-14-15-16-17-18-19-20(22)21-23-4-2;5-3(6)1-2(4(7)8)12(9,10)11;;/h4,11-12H,2-3,5-10,13-19H2,1H3,(H,21,22);2H,1H2,(H,5,6)(H,7,8)(H,9,10,11);;/q;;2*+1/p-2/b12-11-;;;. The Morgan fingerprint density at radius 3 is 1.73 bits per heavy atom. The number of carboxylic acids is 2. The molecule has 1 atom stereocenters. The summed E-state index contributed by atoms with van der Waals surface area (Å²) in [5, 5.41) is 17.3. The van der Waals surface area contributed by atoms with E-state index in [-0.39, 0.29) is 65.0 Å². The Labute approximate surface area is 266 Å². The van der Waals surface area contributed by atoms with E-state index in [4.69, 9.17) is 4.55 Å². The van der Waals surface area contributed by atoms with Crippen LogP contribution in [0.15, 0.2) is 25.0 Å². The third-order valence-corrected chi connectivity index (χ3v) is 5.97. The molecule has 1 unspecified atom stereocenters. The number of carbonyl (C=O) groups is 3. The Kier molecular flexibility index (Phi) is 35.6. The van der Waals surface area contributed by atoms with Crippen molar-refractivity contribution < 1.29 is 102 Å². The predicted molar refractivity (Wildman–Crippen MR) is 129 cm³/mol. The molecule has 2 N–H and O–H groups in total. The van der Waals surface area contributed by atoms with E-state index in [0.29, 0.717) is 6.42 Å². The first-order valence-electron chi connectivity index (χ1n) is 12.1. The molecule has 0 aromatic rings. The first-order valence-corrected chi connectivity index (χ1v) is 13.6. The molecule has 13 heteroatoms. The molecule has 0 saturated carbocycles. The molecule has 10 nitrogen and oxygen atoms in total. The van der Waals surface area contributed by atoms with Gasteiger partial charge in [-0.25, -0.2) is 0 Å². The Morgan fingerprint density at radius 1 is 0.892 bits per heavy atom. The smallest absolute Gasteiger partial charge is 0.550 e. The summed E-state index contributed by atoms with van der Waals surface area (Å²) in [5.74, 6) is -4.15. The van der Waals surface area contributed by atoms with Crippen LogP contribution < -0.4 is 74.8 Å². The van der Waals surface area contributed by atoms with E-state index < -0.39 is 33.7 Å². The van der Waals surface area contributed by atoms with Crippen molar-refractivity contribution >= 4 is 28.0 Å². The zero-order chi connectivity index (χ0) is 27.0. The van der Waals surface area contributed by atoms with E-state index in [1.165, 1.54) is 76.9 Å². The van der Waals surface area contributed by atoms with Gasteiger partial charge in [-0.05, 0) is 32.1 Å². The topological polar surface area (TPSA) is 173 Å². The van der Waals surface area contributed by atoms with Crippen LogP contribution in [-0.4, -0.2) is 36.1 Å². The van der Waals surface area contributed by atoms with Gasteiger partial charge < -0.3 is 24.6 Å². The van der Waals surface area contributed by atoms with Crippen molar-refractivity contribution in [2.75, 3.05) is 0 Å². The van der Waals surface area contributed by atoms with Gasteiger partial charge >= 0.3 is 59.1 Å². The maximum absolute atomic E-state index is 11.2. The summed E-state index contributed by atoms with van der Waals surface area (Å²) < 4.78 is 28.5. The van der Waals surface area contributed by atoms with Crippen LogP contribution in [0.2, 0.25) is 0 Å². The van der Waals surface area contributed by atoms with E-state index in [2.05, 4.69) is 36.0 Å². The number of carboxylic acid groups (broad SMARTS) is 2. The van der Waals surface area contributed by atoms with Gasteiger partial charge in [0.05, 0.1) is 5.97 Å². The quantitative estimate of drug-likeness (QED) is 0.0355. The fraction of sp³-hybridized carbons (Fsp3) is 0.708. The van der Waals surface area contributed by atoms with E-state index in [9.17, 15) is 33.0 Å². The third-order valence-electron chi connectivity index (χ3n) is 4.90. The number of hydroxylamine groups is 1. The Morgan fingerprint density at radius 2 is 1.35 bits per heavy atom. The van der Waals surface area contributed by atoms with Crippen LogP contribution in [0.3, 0.4) is 0 Å². The van der Waals surface area contributed by atoms with Gasteiger partial charge in [-0.15, -0.1) is 0 Å². The maximum atomic E-state index is 11.2. The van der Waals surface area contributed by atoms with Gasteiger partial charge in [0.25, 0.3) is 16.0 Å². The number of carbonyl (C=O) groups excluding carboxylic acids is 3. The Balaban J connectivity index is -0.000000332. The molecule has 0 aromatic heterocycles. The van der Waals surface area contributed by atoms with E-state index in [1.807, 2.05) is 0 Å². The van der Waals surface area contributed by atoms with Crippen LogP contribution >= 0.6 is 0 Å². The number of aliphatic carboxylic acids is 2. The van der Waals surface area contributed by atoms with Crippen LogP contribution in [0, 0.1) is 0 Å².